The smallest absolute Gasteiger partial charge is 0.319 e. The van der Waals surface area contributed by atoms with Gasteiger partial charge in [-0.15, -0.1) is 0 Å². The van der Waals surface area contributed by atoms with E-state index in [2.05, 4.69) is 32.8 Å². The van der Waals surface area contributed by atoms with E-state index >= 15 is 0 Å². The maximum atomic E-state index is 11.9. The van der Waals surface area contributed by atoms with Crippen molar-refractivity contribution in [3.63, 3.8) is 0 Å². The van der Waals surface area contributed by atoms with Gasteiger partial charge in [-0.3, -0.25) is 9.88 Å². The van der Waals surface area contributed by atoms with Crippen LogP contribution in [0.4, 0.5) is 0 Å². The predicted molar refractivity (Wildman–Crippen MR) is 104 cm³/mol. The van der Waals surface area contributed by atoms with Crippen molar-refractivity contribution >= 4 is 0 Å². The molecule has 2 aromatic heterocycles. The molecule has 1 aliphatic heterocycles. The first kappa shape index (κ1) is 19.1. The van der Waals surface area contributed by atoms with Crippen molar-refractivity contribution in [2.24, 2.45) is 11.8 Å². The van der Waals surface area contributed by atoms with Crippen molar-refractivity contribution in [2.75, 3.05) is 27.3 Å². The second kappa shape index (κ2) is 7.64. The number of piperidine rings is 1. The van der Waals surface area contributed by atoms with Gasteiger partial charge >= 0.3 is 6.01 Å². The second-order valence-electron chi connectivity index (χ2n) is 7.93. The Hall–Kier alpha value is -2.25. The van der Waals surface area contributed by atoms with E-state index in [0.29, 0.717) is 11.4 Å². The highest BCUT2D eigenvalue weighted by Crippen LogP contribution is 2.51. The van der Waals surface area contributed by atoms with Crippen LogP contribution < -0.4 is 9.47 Å². The molecule has 3 atom stereocenters. The minimum Gasteiger partial charge on any atom is -0.481 e. The van der Waals surface area contributed by atoms with E-state index < -0.39 is 5.60 Å². The van der Waals surface area contributed by atoms with Crippen LogP contribution in [-0.2, 0) is 12.1 Å². The summed E-state index contributed by atoms with van der Waals surface area (Å²) in [5, 5.41) is 11.9. The molecule has 1 unspecified atom stereocenters. The van der Waals surface area contributed by atoms with Gasteiger partial charge in [-0.2, -0.15) is 4.98 Å². The zero-order valence-electron chi connectivity index (χ0n) is 16.8. The van der Waals surface area contributed by atoms with Crippen molar-refractivity contribution in [1.82, 2.24) is 19.9 Å². The summed E-state index contributed by atoms with van der Waals surface area (Å²) in [5.41, 5.74) is 2.22. The van der Waals surface area contributed by atoms with Gasteiger partial charge in [-0.1, -0.05) is 6.42 Å². The lowest BCUT2D eigenvalue weighted by Crippen LogP contribution is -2.58. The van der Waals surface area contributed by atoms with Crippen molar-refractivity contribution in [1.29, 1.82) is 0 Å². The Morgan fingerprint density at radius 3 is 2.57 bits per heavy atom. The van der Waals surface area contributed by atoms with Gasteiger partial charge in [0.1, 0.15) is 5.60 Å². The molecular weight excluding hydrogens is 356 g/mol. The SMILES string of the molecule is COc1ncc(C2(O)[C@@H]3CCC[C@H]2CN(Cc2ccncc2C)C3)c(OC)n1. The van der Waals surface area contributed by atoms with Crippen LogP contribution >= 0.6 is 0 Å². The highest BCUT2D eigenvalue weighted by Gasteiger charge is 2.53. The summed E-state index contributed by atoms with van der Waals surface area (Å²) in [4.78, 5) is 15.2. The van der Waals surface area contributed by atoms with Crippen LogP contribution in [0.2, 0.25) is 0 Å². The van der Waals surface area contributed by atoms with Gasteiger partial charge in [0.25, 0.3) is 0 Å². The first-order chi connectivity index (χ1) is 13.6. The largest absolute Gasteiger partial charge is 0.481 e. The quantitative estimate of drug-likeness (QED) is 0.847. The molecule has 1 aliphatic carbocycles. The van der Waals surface area contributed by atoms with Crippen molar-refractivity contribution in [3.05, 3.63) is 41.3 Å². The summed E-state index contributed by atoms with van der Waals surface area (Å²) < 4.78 is 10.6. The van der Waals surface area contributed by atoms with E-state index in [0.717, 1.165) is 38.9 Å². The number of aryl methyl sites for hydroxylation is 1. The molecule has 1 N–H and O–H groups in total. The van der Waals surface area contributed by atoms with Crippen LogP contribution in [0.3, 0.4) is 0 Å². The maximum Gasteiger partial charge on any atom is 0.319 e. The summed E-state index contributed by atoms with van der Waals surface area (Å²) in [6, 6.07) is 2.34. The molecule has 2 aromatic rings. The Morgan fingerprint density at radius 1 is 1.18 bits per heavy atom. The second-order valence-corrected chi connectivity index (χ2v) is 7.93. The number of fused-ring (bicyclic) bond motifs is 2. The Bertz CT molecular complexity index is 830. The van der Waals surface area contributed by atoms with Crippen LogP contribution in [0.15, 0.2) is 24.7 Å². The first-order valence-corrected chi connectivity index (χ1v) is 9.86. The summed E-state index contributed by atoms with van der Waals surface area (Å²) >= 11 is 0. The lowest BCUT2D eigenvalue weighted by Gasteiger charge is -2.53. The van der Waals surface area contributed by atoms with Gasteiger partial charge in [0.15, 0.2) is 0 Å². The summed E-state index contributed by atoms with van der Waals surface area (Å²) in [5.74, 6) is 0.644. The minimum absolute atomic E-state index is 0.119. The first-order valence-electron chi connectivity index (χ1n) is 9.86. The number of methoxy groups -OCH3 is 2. The van der Waals surface area contributed by atoms with Crippen molar-refractivity contribution in [3.8, 4) is 11.9 Å². The molecule has 2 bridgehead atoms. The van der Waals surface area contributed by atoms with E-state index in [1.807, 2.05) is 12.4 Å². The topological polar surface area (TPSA) is 80.6 Å². The third-order valence-corrected chi connectivity index (χ3v) is 6.38. The number of hydrogen-bond acceptors (Lipinski definition) is 7. The monoisotopic (exact) mass is 384 g/mol. The molecule has 0 amide bonds. The average Bonchev–Trinajstić information content (AvgIpc) is 2.70. The van der Waals surface area contributed by atoms with E-state index in [-0.39, 0.29) is 17.8 Å². The molecule has 2 aliphatic rings. The number of pyridine rings is 1. The van der Waals surface area contributed by atoms with Gasteiger partial charge in [0.05, 0.1) is 19.8 Å². The van der Waals surface area contributed by atoms with E-state index in [4.69, 9.17) is 9.47 Å². The van der Waals surface area contributed by atoms with Gasteiger partial charge in [-0.05, 0) is 37.0 Å². The summed E-state index contributed by atoms with van der Waals surface area (Å²) in [7, 11) is 3.10. The zero-order chi connectivity index (χ0) is 19.7. The molecule has 3 heterocycles. The number of aliphatic hydroxyl groups is 1. The zero-order valence-corrected chi connectivity index (χ0v) is 16.8. The minimum atomic E-state index is -0.973. The Kier molecular flexibility index (Phi) is 5.21. The fraction of sp³-hybridized carbons (Fsp3) is 0.571. The number of nitrogens with zero attached hydrogens (tertiary/aromatic N) is 4. The highest BCUT2D eigenvalue weighted by molar-refractivity contribution is 5.34. The van der Waals surface area contributed by atoms with Crippen LogP contribution in [0, 0.1) is 18.8 Å². The molecule has 1 saturated carbocycles. The third kappa shape index (κ3) is 3.22. The van der Waals surface area contributed by atoms with Gasteiger partial charge in [0.2, 0.25) is 5.88 Å². The van der Waals surface area contributed by atoms with E-state index in [9.17, 15) is 5.11 Å². The molecule has 150 valence electrons. The van der Waals surface area contributed by atoms with Crippen LogP contribution in [0.5, 0.6) is 11.9 Å². The normalized spacial score (nSPS) is 27.4. The fourth-order valence-corrected chi connectivity index (χ4v) is 4.91. The van der Waals surface area contributed by atoms with Crippen LogP contribution in [0.25, 0.3) is 0 Å². The molecule has 0 spiro atoms. The van der Waals surface area contributed by atoms with E-state index in [1.54, 1.807) is 13.3 Å². The number of ether oxygens (including phenoxy) is 2. The standard InChI is InChI=1S/C21H28N4O3/c1-14-9-22-8-7-15(14)11-25-12-16-5-4-6-17(13-25)21(16,26)18-10-23-20(28-3)24-19(18)27-2/h7-10,16-17,26H,4-6,11-13H2,1-3H3/t16-,17+,21?. The number of hydrogen-bond donors (Lipinski definition) is 1. The lowest BCUT2D eigenvalue weighted by molar-refractivity contribution is -0.149. The fourth-order valence-electron chi connectivity index (χ4n) is 4.91. The Labute approximate surface area is 165 Å². The molecule has 0 radical (unpaired) electrons. The summed E-state index contributed by atoms with van der Waals surface area (Å²) in [6.45, 7) is 4.66. The predicted octanol–water partition coefficient (Wildman–Crippen LogP) is 2.32. The van der Waals surface area contributed by atoms with E-state index in [1.165, 1.54) is 18.2 Å². The molecule has 1 saturated heterocycles. The molecule has 28 heavy (non-hydrogen) atoms. The molecule has 4 rings (SSSR count). The molecule has 7 nitrogen and oxygen atoms in total. The average molecular weight is 384 g/mol. The molecule has 2 fully saturated rings. The Morgan fingerprint density at radius 2 is 1.93 bits per heavy atom. The third-order valence-electron chi connectivity index (χ3n) is 6.38. The molecule has 0 aromatic carbocycles. The number of rotatable bonds is 5. The van der Waals surface area contributed by atoms with Gasteiger partial charge in [0, 0.05) is 50.1 Å². The maximum absolute atomic E-state index is 11.9. The number of likely N-dealkylation sites (tertiary alicyclic amines) is 1. The Balaban J connectivity index is 1.63. The number of aromatic nitrogens is 3. The van der Waals surface area contributed by atoms with Crippen LogP contribution in [-0.4, -0.2) is 52.3 Å². The van der Waals surface area contributed by atoms with Crippen LogP contribution in [0.1, 0.15) is 36.0 Å². The molecular formula is C21H28N4O3. The lowest BCUT2D eigenvalue weighted by atomic mass is 9.63. The van der Waals surface area contributed by atoms with Gasteiger partial charge < -0.3 is 14.6 Å². The van der Waals surface area contributed by atoms with Crippen molar-refractivity contribution in [2.45, 2.75) is 38.3 Å². The summed E-state index contributed by atoms with van der Waals surface area (Å²) in [6.07, 6.45) is 8.54. The molecule has 7 heteroatoms. The van der Waals surface area contributed by atoms with Gasteiger partial charge in [-0.25, -0.2) is 4.98 Å². The van der Waals surface area contributed by atoms with Crippen molar-refractivity contribution < 1.29 is 14.6 Å². The highest BCUT2D eigenvalue weighted by atomic mass is 16.5.